The van der Waals surface area contributed by atoms with Crippen LogP contribution in [0.3, 0.4) is 0 Å². The largest absolute Gasteiger partial charge is 0.349 e. The number of nitrogens with zero attached hydrogens (tertiary/aromatic N) is 2. The van der Waals surface area contributed by atoms with Crippen molar-refractivity contribution in [3.63, 3.8) is 0 Å². The SMILES string of the molecule is CCc1ccc(N(C(=O)C2CC2c2ccc(F)c(F)c2)C(C(=O)NC(C)(C)C)c2cc3cc(Br)ccc3nc2Cl)cc1. The van der Waals surface area contributed by atoms with E-state index in [1.165, 1.54) is 11.0 Å². The summed E-state index contributed by atoms with van der Waals surface area (Å²) in [5.74, 6) is -3.47. The number of aryl methyl sites for hydroxylation is 1. The molecule has 0 radical (unpaired) electrons. The van der Waals surface area contributed by atoms with Crippen LogP contribution in [0.15, 0.2) is 71.2 Å². The van der Waals surface area contributed by atoms with Crippen LogP contribution in [0.1, 0.15) is 62.8 Å². The molecule has 1 heterocycles. The zero-order valence-corrected chi connectivity index (χ0v) is 26.1. The Hall–Kier alpha value is -3.36. The number of carbonyl (C=O) groups excluding carboxylic acids is 2. The van der Waals surface area contributed by atoms with Crippen molar-refractivity contribution in [1.29, 1.82) is 0 Å². The Morgan fingerprint density at radius 2 is 1.76 bits per heavy atom. The van der Waals surface area contributed by atoms with Crippen LogP contribution in [0.25, 0.3) is 10.9 Å². The van der Waals surface area contributed by atoms with E-state index in [1.54, 1.807) is 6.07 Å². The summed E-state index contributed by atoms with van der Waals surface area (Å²) in [4.78, 5) is 34.6. The third-order valence-electron chi connectivity index (χ3n) is 7.40. The summed E-state index contributed by atoms with van der Waals surface area (Å²) in [6.45, 7) is 7.62. The van der Waals surface area contributed by atoms with Gasteiger partial charge in [0.1, 0.15) is 11.2 Å². The molecule has 1 N–H and O–H groups in total. The Morgan fingerprint density at radius 3 is 2.40 bits per heavy atom. The summed E-state index contributed by atoms with van der Waals surface area (Å²) in [7, 11) is 0. The standard InChI is InChI=1S/C33H31BrClF2N3O2/c1-5-18-6-10-22(11-7-18)40(32(42)24-17-23(24)19-8-12-26(36)27(37)16-19)29(31(41)39-33(2,3)4)25-15-20-14-21(34)9-13-28(20)38-30(25)35/h6-16,23-24,29H,5,17H2,1-4H3,(H,39,41). The first-order chi connectivity index (χ1) is 19.9. The Kier molecular flexibility index (Phi) is 8.41. The molecule has 5 rings (SSSR count). The van der Waals surface area contributed by atoms with Crippen molar-refractivity contribution < 1.29 is 18.4 Å². The molecule has 1 aliphatic carbocycles. The van der Waals surface area contributed by atoms with E-state index in [-0.39, 0.29) is 17.0 Å². The number of aromatic nitrogens is 1. The predicted molar refractivity (Wildman–Crippen MR) is 166 cm³/mol. The van der Waals surface area contributed by atoms with Crippen LogP contribution < -0.4 is 10.2 Å². The first-order valence-corrected chi connectivity index (χ1v) is 15.0. The van der Waals surface area contributed by atoms with E-state index in [2.05, 4.69) is 26.2 Å². The molecule has 0 saturated heterocycles. The summed E-state index contributed by atoms with van der Waals surface area (Å²) >= 11 is 10.3. The molecule has 3 atom stereocenters. The van der Waals surface area contributed by atoms with Gasteiger partial charge in [-0.15, -0.1) is 0 Å². The Bertz CT molecular complexity index is 1670. The molecule has 3 unspecified atom stereocenters. The van der Waals surface area contributed by atoms with Crippen LogP contribution in [0.5, 0.6) is 0 Å². The van der Waals surface area contributed by atoms with Crippen molar-refractivity contribution in [2.75, 3.05) is 4.90 Å². The summed E-state index contributed by atoms with van der Waals surface area (Å²) in [5.41, 5.74) is 2.55. The molecular formula is C33H31BrClF2N3O2. The van der Waals surface area contributed by atoms with Gasteiger partial charge < -0.3 is 5.32 Å². The second-order valence-electron chi connectivity index (χ2n) is 11.7. The van der Waals surface area contributed by atoms with Gasteiger partial charge in [-0.2, -0.15) is 0 Å². The molecule has 0 bridgehead atoms. The van der Waals surface area contributed by atoms with Gasteiger partial charge in [0.15, 0.2) is 11.6 Å². The molecule has 0 aliphatic heterocycles. The van der Waals surface area contributed by atoms with Crippen LogP contribution in [0.4, 0.5) is 14.5 Å². The quantitative estimate of drug-likeness (QED) is 0.204. The molecule has 42 heavy (non-hydrogen) atoms. The lowest BCUT2D eigenvalue weighted by atomic mass is 9.99. The van der Waals surface area contributed by atoms with E-state index in [1.807, 2.05) is 70.2 Å². The van der Waals surface area contributed by atoms with Crippen LogP contribution in [0.2, 0.25) is 5.15 Å². The Balaban J connectivity index is 1.65. The third-order valence-corrected chi connectivity index (χ3v) is 8.19. The molecule has 0 spiro atoms. The molecule has 1 aromatic heterocycles. The number of nitrogens with one attached hydrogen (secondary N) is 1. The number of fused-ring (bicyclic) bond motifs is 1. The fourth-order valence-electron chi connectivity index (χ4n) is 5.22. The highest BCUT2D eigenvalue weighted by Gasteiger charge is 2.49. The van der Waals surface area contributed by atoms with Gasteiger partial charge in [-0.1, -0.05) is 52.7 Å². The van der Waals surface area contributed by atoms with E-state index < -0.39 is 35.0 Å². The molecule has 9 heteroatoms. The highest BCUT2D eigenvalue weighted by molar-refractivity contribution is 9.10. The zero-order chi connectivity index (χ0) is 30.3. The number of rotatable bonds is 7. The molecular weight excluding hydrogens is 624 g/mol. The number of pyridine rings is 1. The highest BCUT2D eigenvalue weighted by atomic mass is 79.9. The molecule has 2 amide bonds. The highest BCUT2D eigenvalue weighted by Crippen LogP contribution is 2.50. The molecule has 5 nitrogen and oxygen atoms in total. The molecule has 1 fully saturated rings. The van der Waals surface area contributed by atoms with Crippen LogP contribution in [-0.2, 0) is 16.0 Å². The summed E-state index contributed by atoms with van der Waals surface area (Å²) in [5, 5.41) is 3.88. The third kappa shape index (κ3) is 6.35. The van der Waals surface area contributed by atoms with Crippen molar-refractivity contribution in [3.05, 3.63) is 105 Å². The number of hydrogen-bond acceptors (Lipinski definition) is 3. The Morgan fingerprint density at radius 1 is 1.05 bits per heavy atom. The van der Waals surface area contributed by atoms with Crippen molar-refractivity contribution in [2.24, 2.45) is 5.92 Å². The molecule has 1 aliphatic rings. The van der Waals surface area contributed by atoms with Gasteiger partial charge >= 0.3 is 0 Å². The second kappa shape index (κ2) is 11.7. The van der Waals surface area contributed by atoms with Crippen LogP contribution in [0, 0.1) is 17.6 Å². The van der Waals surface area contributed by atoms with Gasteiger partial charge in [0, 0.05) is 32.6 Å². The fraction of sp³-hybridized carbons (Fsp3) is 0.303. The van der Waals surface area contributed by atoms with Crippen LogP contribution in [-0.4, -0.2) is 22.3 Å². The lowest BCUT2D eigenvalue weighted by Crippen LogP contribution is -2.50. The number of amides is 2. The Labute approximate surface area is 257 Å². The first kappa shape index (κ1) is 30.1. The van der Waals surface area contributed by atoms with E-state index in [9.17, 15) is 18.4 Å². The molecule has 3 aromatic carbocycles. The van der Waals surface area contributed by atoms with Crippen LogP contribution >= 0.6 is 27.5 Å². The summed E-state index contributed by atoms with van der Waals surface area (Å²) in [6, 6.07) is 17.4. The van der Waals surface area contributed by atoms with Crippen molar-refractivity contribution in [1.82, 2.24) is 10.3 Å². The average Bonchev–Trinajstić information content (AvgIpc) is 3.73. The van der Waals surface area contributed by atoms with E-state index in [0.717, 1.165) is 34.0 Å². The van der Waals surface area contributed by atoms with Gasteiger partial charge in [-0.25, -0.2) is 13.8 Å². The van der Waals surface area contributed by atoms with Gasteiger partial charge in [0.2, 0.25) is 11.8 Å². The second-order valence-corrected chi connectivity index (χ2v) is 13.0. The fourth-order valence-corrected chi connectivity index (χ4v) is 5.85. The number of carbonyl (C=O) groups is 2. The normalized spacial score (nSPS) is 17.1. The molecule has 218 valence electrons. The number of hydrogen-bond donors (Lipinski definition) is 1. The maximum Gasteiger partial charge on any atom is 0.248 e. The molecule has 1 saturated carbocycles. The minimum absolute atomic E-state index is 0.106. The van der Waals surface area contributed by atoms with Gasteiger partial charge in [-0.05, 0) is 99.2 Å². The van der Waals surface area contributed by atoms with Gasteiger partial charge in [0.05, 0.1) is 5.52 Å². The lowest BCUT2D eigenvalue weighted by Gasteiger charge is -2.34. The predicted octanol–water partition coefficient (Wildman–Crippen LogP) is 8.28. The number of benzene rings is 3. The lowest BCUT2D eigenvalue weighted by molar-refractivity contribution is -0.128. The maximum absolute atomic E-state index is 14.4. The maximum atomic E-state index is 14.4. The van der Waals surface area contributed by atoms with Crippen molar-refractivity contribution in [2.45, 2.75) is 58.0 Å². The van der Waals surface area contributed by atoms with E-state index >= 15 is 0 Å². The minimum Gasteiger partial charge on any atom is -0.349 e. The number of halogens is 4. The smallest absolute Gasteiger partial charge is 0.248 e. The van der Waals surface area contributed by atoms with Gasteiger partial charge in [0.25, 0.3) is 0 Å². The molecule has 4 aromatic rings. The van der Waals surface area contributed by atoms with E-state index in [4.69, 9.17) is 11.6 Å². The number of anilines is 1. The van der Waals surface area contributed by atoms with E-state index in [0.29, 0.717) is 28.8 Å². The monoisotopic (exact) mass is 653 g/mol. The topological polar surface area (TPSA) is 62.3 Å². The van der Waals surface area contributed by atoms with Crippen molar-refractivity contribution in [3.8, 4) is 0 Å². The van der Waals surface area contributed by atoms with Crippen molar-refractivity contribution >= 4 is 55.9 Å². The summed E-state index contributed by atoms with van der Waals surface area (Å²) < 4.78 is 28.5. The summed E-state index contributed by atoms with van der Waals surface area (Å²) in [6.07, 6.45) is 1.25. The van der Waals surface area contributed by atoms with Gasteiger partial charge in [-0.3, -0.25) is 14.5 Å². The average molecular weight is 655 g/mol. The first-order valence-electron chi connectivity index (χ1n) is 13.8. The zero-order valence-electron chi connectivity index (χ0n) is 23.7. The minimum atomic E-state index is -1.15.